The molecule has 0 aliphatic carbocycles. The molecule has 0 saturated carbocycles. The van der Waals surface area contributed by atoms with Gasteiger partial charge in [0.05, 0.1) is 23.2 Å². The van der Waals surface area contributed by atoms with Gasteiger partial charge in [0.25, 0.3) is 15.8 Å². The summed E-state index contributed by atoms with van der Waals surface area (Å²) in [6, 6.07) is 3.56. The van der Waals surface area contributed by atoms with Crippen LogP contribution in [0.15, 0.2) is 23.1 Å². The quantitative estimate of drug-likeness (QED) is 0.370. The van der Waals surface area contributed by atoms with Crippen molar-refractivity contribution in [2.45, 2.75) is 17.4 Å². The minimum Gasteiger partial charge on any atom is -0.373 e. The molecule has 1 N–H and O–H groups in total. The Kier molecular flexibility index (Phi) is 2.86. The number of benzene rings is 1. The number of nitro benzene ring substituents is 1. The number of nitrogens with zero attached hydrogens (tertiary/aromatic N) is 1. The fourth-order valence-electron chi connectivity index (χ4n) is 1.59. The van der Waals surface area contributed by atoms with Crippen LogP contribution < -0.4 is 0 Å². The maximum Gasteiger partial charge on any atom is 0.295 e. The maximum atomic E-state index is 11.1. The van der Waals surface area contributed by atoms with Crippen molar-refractivity contribution in [2.75, 3.05) is 6.61 Å². The molecule has 92 valence electrons. The number of hydrogen-bond donors (Lipinski definition) is 1. The van der Waals surface area contributed by atoms with Gasteiger partial charge in [0.15, 0.2) is 0 Å². The van der Waals surface area contributed by atoms with Gasteiger partial charge in [-0.05, 0) is 6.07 Å². The van der Waals surface area contributed by atoms with Crippen LogP contribution in [-0.2, 0) is 21.3 Å². The lowest BCUT2D eigenvalue weighted by Crippen LogP contribution is -2.08. The lowest BCUT2D eigenvalue weighted by atomic mass is 10.1. The standard InChI is InChI=1S/C9H9NO6S/c11-10(12)8-2-1-3-9(17(13,14)15)7(8)4-6-5-16-6/h1-3,6H,4-5H2,(H,13,14,15)/t6-/m0/s1. The Morgan fingerprint density at radius 3 is 2.65 bits per heavy atom. The molecule has 1 aliphatic rings. The molecule has 2 rings (SSSR count). The van der Waals surface area contributed by atoms with Crippen molar-refractivity contribution >= 4 is 15.8 Å². The highest BCUT2D eigenvalue weighted by Gasteiger charge is 2.31. The Morgan fingerprint density at radius 1 is 1.53 bits per heavy atom. The van der Waals surface area contributed by atoms with Gasteiger partial charge in [-0.3, -0.25) is 14.7 Å². The number of epoxide rings is 1. The van der Waals surface area contributed by atoms with Crippen LogP contribution in [0.1, 0.15) is 5.56 Å². The van der Waals surface area contributed by atoms with Crippen LogP contribution in [0.25, 0.3) is 0 Å². The van der Waals surface area contributed by atoms with E-state index in [9.17, 15) is 18.5 Å². The van der Waals surface area contributed by atoms with Crippen molar-refractivity contribution in [1.82, 2.24) is 0 Å². The Morgan fingerprint density at radius 2 is 2.18 bits per heavy atom. The zero-order valence-electron chi connectivity index (χ0n) is 8.57. The highest BCUT2D eigenvalue weighted by atomic mass is 32.2. The summed E-state index contributed by atoms with van der Waals surface area (Å²) < 4.78 is 36.2. The Labute approximate surface area is 96.9 Å². The van der Waals surface area contributed by atoms with Crippen LogP contribution in [0, 0.1) is 10.1 Å². The Bertz CT molecular complexity index is 563. The van der Waals surface area contributed by atoms with Crippen molar-refractivity contribution in [3.63, 3.8) is 0 Å². The summed E-state index contributed by atoms with van der Waals surface area (Å²) in [4.78, 5) is 9.69. The summed E-state index contributed by atoms with van der Waals surface area (Å²) in [7, 11) is -4.47. The van der Waals surface area contributed by atoms with Crippen molar-refractivity contribution in [2.24, 2.45) is 0 Å². The van der Waals surface area contributed by atoms with E-state index in [0.29, 0.717) is 6.61 Å². The molecule has 0 aromatic heterocycles. The van der Waals surface area contributed by atoms with Gasteiger partial charge in [0.2, 0.25) is 0 Å². The predicted octanol–water partition coefficient (Wildman–Crippen LogP) is 0.783. The van der Waals surface area contributed by atoms with Crippen molar-refractivity contribution in [3.8, 4) is 0 Å². The van der Waals surface area contributed by atoms with E-state index in [1.54, 1.807) is 0 Å². The first-order valence-corrected chi connectivity index (χ1v) is 6.19. The topological polar surface area (TPSA) is 110 Å². The molecule has 1 saturated heterocycles. The molecule has 0 unspecified atom stereocenters. The molecule has 8 heteroatoms. The first-order chi connectivity index (χ1) is 7.89. The van der Waals surface area contributed by atoms with Crippen molar-refractivity contribution < 1.29 is 22.6 Å². The van der Waals surface area contributed by atoms with Crippen LogP contribution in [-0.4, -0.2) is 30.6 Å². The number of rotatable bonds is 4. The lowest BCUT2D eigenvalue weighted by Gasteiger charge is -2.06. The zero-order chi connectivity index (χ0) is 12.6. The molecular weight excluding hydrogens is 250 g/mol. The number of hydrogen-bond acceptors (Lipinski definition) is 5. The highest BCUT2D eigenvalue weighted by molar-refractivity contribution is 7.85. The van der Waals surface area contributed by atoms with Gasteiger partial charge in [-0.1, -0.05) is 6.07 Å². The smallest absolute Gasteiger partial charge is 0.295 e. The first-order valence-electron chi connectivity index (χ1n) is 4.75. The highest BCUT2D eigenvalue weighted by Crippen LogP contribution is 2.29. The third-order valence-electron chi connectivity index (χ3n) is 2.42. The minimum atomic E-state index is -4.47. The second-order valence-electron chi connectivity index (χ2n) is 3.65. The average molecular weight is 259 g/mol. The third-order valence-corrected chi connectivity index (χ3v) is 3.36. The minimum absolute atomic E-state index is 0.0116. The normalized spacial score (nSPS) is 19.0. The van der Waals surface area contributed by atoms with Crippen LogP contribution in [0.3, 0.4) is 0 Å². The van der Waals surface area contributed by atoms with Gasteiger partial charge in [-0.25, -0.2) is 0 Å². The summed E-state index contributed by atoms with van der Waals surface area (Å²) >= 11 is 0. The molecule has 0 radical (unpaired) electrons. The van der Waals surface area contributed by atoms with E-state index in [1.807, 2.05) is 0 Å². The largest absolute Gasteiger partial charge is 0.373 e. The van der Waals surface area contributed by atoms with E-state index < -0.39 is 19.9 Å². The van der Waals surface area contributed by atoms with E-state index >= 15 is 0 Å². The Hall–Kier alpha value is -1.51. The molecule has 17 heavy (non-hydrogen) atoms. The fourth-order valence-corrected chi connectivity index (χ4v) is 2.34. The van der Waals surface area contributed by atoms with Crippen LogP contribution in [0.2, 0.25) is 0 Å². The number of nitro groups is 1. The van der Waals surface area contributed by atoms with E-state index in [-0.39, 0.29) is 23.8 Å². The van der Waals surface area contributed by atoms with Crippen LogP contribution in [0.4, 0.5) is 5.69 Å². The summed E-state index contributed by atoms with van der Waals surface area (Å²) in [5.74, 6) is 0. The Balaban J connectivity index is 2.57. The van der Waals surface area contributed by atoms with E-state index in [0.717, 1.165) is 6.07 Å². The second kappa shape index (κ2) is 4.06. The maximum absolute atomic E-state index is 11.1. The zero-order valence-corrected chi connectivity index (χ0v) is 9.38. The third kappa shape index (κ3) is 2.60. The first kappa shape index (κ1) is 12.0. The second-order valence-corrected chi connectivity index (χ2v) is 5.04. The van der Waals surface area contributed by atoms with Crippen molar-refractivity contribution in [1.29, 1.82) is 0 Å². The van der Waals surface area contributed by atoms with Gasteiger partial charge in [-0.15, -0.1) is 0 Å². The van der Waals surface area contributed by atoms with E-state index in [4.69, 9.17) is 9.29 Å². The summed E-state index contributed by atoms with van der Waals surface area (Å²) in [5, 5.41) is 10.8. The molecule has 0 amide bonds. The predicted molar refractivity (Wildman–Crippen MR) is 56.4 cm³/mol. The monoisotopic (exact) mass is 259 g/mol. The molecule has 1 heterocycles. The van der Waals surface area contributed by atoms with E-state index in [1.165, 1.54) is 12.1 Å². The van der Waals surface area contributed by atoms with Gasteiger partial charge in [-0.2, -0.15) is 8.42 Å². The van der Waals surface area contributed by atoms with Gasteiger partial charge < -0.3 is 4.74 Å². The summed E-state index contributed by atoms with van der Waals surface area (Å²) in [6.45, 7) is 0.441. The molecule has 0 spiro atoms. The summed E-state index contributed by atoms with van der Waals surface area (Å²) in [5.41, 5.74) is -0.335. The molecule has 1 aliphatic heterocycles. The lowest BCUT2D eigenvalue weighted by molar-refractivity contribution is -0.385. The molecular formula is C9H9NO6S. The molecule has 1 atom stereocenters. The summed E-state index contributed by atoms with van der Waals surface area (Å²) in [6.07, 6.45) is -0.108. The van der Waals surface area contributed by atoms with Crippen LogP contribution >= 0.6 is 0 Å². The SMILES string of the molecule is O=[N+]([O-])c1cccc(S(=O)(=O)O)c1C[C@H]1CO1. The molecule has 7 nitrogen and oxygen atoms in total. The average Bonchev–Trinajstić information content (AvgIpc) is 3.00. The molecule has 1 fully saturated rings. The van der Waals surface area contributed by atoms with E-state index in [2.05, 4.69) is 0 Å². The van der Waals surface area contributed by atoms with Gasteiger partial charge in [0.1, 0.15) is 4.90 Å². The molecule has 1 aromatic carbocycles. The molecule has 0 bridgehead atoms. The fraction of sp³-hybridized carbons (Fsp3) is 0.333. The van der Waals surface area contributed by atoms with Gasteiger partial charge >= 0.3 is 0 Å². The van der Waals surface area contributed by atoms with Crippen LogP contribution in [0.5, 0.6) is 0 Å². The van der Waals surface area contributed by atoms with Crippen molar-refractivity contribution in [3.05, 3.63) is 33.9 Å². The number of ether oxygens (including phenoxy) is 1. The molecule has 1 aromatic rings. The van der Waals surface area contributed by atoms with Gasteiger partial charge in [0, 0.05) is 12.5 Å².